The predicted octanol–water partition coefficient (Wildman–Crippen LogP) is 3.81. The number of nitrogens with zero attached hydrogens (tertiary/aromatic N) is 1. The fourth-order valence-electron chi connectivity index (χ4n) is 2.49. The van der Waals surface area contributed by atoms with Gasteiger partial charge in [0.2, 0.25) is 0 Å². The van der Waals surface area contributed by atoms with Crippen LogP contribution in [0, 0.1) is 0 Å². The fraction of sp³-hybridized carbons (Fsp3) is 0.333. The molecule has 3 heteroatoms. The zero-order valence-electron chi connectivity index (χ0n) is 12.2. The summed E-state index contributed by atoms with van der Waals surface area (Å²) < 4.78 is 5.90. The molecule has 0 N–H and O–H groups in total. The molecule has 0 spiro atoms. The minimum absolute atomic E-state index is 0.630. The first-order valence-corrected chi connectivity index (χ1v) is 8.61. The maximum Gasteiger partial charge on any atom is 0.120 e. The van der Waals surface area contributed by atoms with E-state index < -0.39 is 0 Å². The van der Waals surface area contributed by atoms with Crippen molar-refractivity contribution in [2.24, 2.45) is 0 Å². The Labute approximate surface area is 131 Å². The summed E-state index contributed by atoms with van der Waals surface area (Å²) in [6.45, 7) is 4.05. The van der Waals surface area contributed by atoms with Crippen LogP contribution in [0.25, 0.3) is 0 Å². The molecule has 2 aromatic carbocycles. The quantitative estimate of drug-likeness (QED) is 0.833. The van der Waals surface area contributed by atoms with E-state index in [1.165, 1.54) is 35.7 Å². The van der Waals surface area contributed by atoms with Crippen molar-refractivity contribution in [3.05, 3.63) is 65.7 Å². The molecular weight excluding hydrogens is 278 g/mol. The first-order chi connectivity index (χ1) is 10.4. The standard InChI is InChI=1S/C18H21NOS/c1-2-5-16(6-3-1)15-20-18-8-4-7-17(13-18)14-19-9-11-21-12-10-19/h1-8,13H,9-12,14-15H2. The van der Waals surface area contributed by atoms with Crippen LogP contribution >= 0.6 is 11.8 Å². The van der Waals surface area contributed by atoms with Crippen molar-refractivity contribution in [2.45, 2.75) is 13.2 Å². The maximum atomic E-state index is 5.90. The lowest BCUT2D eigenvalue weighted by Gasteiger charge is -2.26. The number of hydrogen-bond donors (Lipinski definition) is 0. The second-order valence-electron chi connectivity index (χ2n) is 5.31. The van der Waals surface area contributed by atoms with Gasteiger partial charge in [-0.05, 0) is 23.3 Å². The van der Waals surface area contributed by atoms with E-state index in [9.17, 15) is 0 Å². The molecule has 0 aliphatic carbocycles. The molecule has 110 valence electrons. The molecule has 1 fully saturated rings. The van der Waals surface area contributed by atoms with Crippen LogP contribution in [-0.2, 0) is 13.2 Å². The van der Waals surface area contributed by atoms with Gasteiger partial charge >= 0.3 is 0 Å². The van der Waals surface area contributed by atoms with Crippen LogP contribution in [0.1, 0.15) is 11.1 Å². The smallest absolute Gasteiger partial charge is 0.120 e. The monoisotopic (exact) mass is 299 g/mol. The molecular formula is C18H21NOS. The molecule has 1 heterocycles. The third kappa shape index (κ3) is 4.51. The Bertz CT molecular complexity index is 552. The highest BCUT2D eigenvalue weighted by atomic mass is 32.2. The Balaban J connectivity index is 1.57. The zero-order chi connectivity index (χ0) is 14.3. The van der Waals surface area contributed by atoms with E-state index in [-0.39, 0.29) is 0 Å². The average Bonchev–Trinajstić information content (AvgIpc) is 2.55. The van der Waals surface area contributed by atoms with E-state index >= 15 is 0 Å². The molecule has 3 rings (SSSR count). The van der Waals surface area contributed by atoms with Crippen molar-refractivity contribution in [1.82, 2.24) is 4.90 Å². The molecule has 2 nitrogen and oxygen atoms in total. The number of thioether (sulfide) groups is 1. The number of rotatable bonds is 5. The topological polar surface area (TPSA) is 12.5 Å². The zero-order valence-corrected chi connectivity index (χ0v) is 13.0. The van der Waals surface area contributed by atoms with Crippen molar-refractivity contribution < 1.29 is 4.74 Å². The number of hydrogen-bond acceptors (Lipinski definition) is 3. The first-order valence-electron chi connectivity index (χ1n) is 7.46. The SMILES string of the molecule is c1ccc(COc2cccc(CN3CCSCC3)c2)cc1. The average molecular weight is 299 g/mol. The molecule has 1 saturated heterocycles. The second-order valence-corrected chi connectivity index (χ2v) is 6.53. The second kappa shape index (κ2) is 7.53. The van der Waals surface area contributed by atoms with Gasteiger partial charge in [-0.25, -0.2) is 0 Å². The normalized spacial score (nSPS) is 15.8. The van der Waals surface area contributed by atoms with Gasteiger partial charge in [0.1, 0.15) is 12.4 Å². The van der Waals surface area contributed by atoms with Crippen molar-refractivity contribution in [1.29, 1.82) is 0 Å². The predicted molar refractivity (Wildman–Crippen MR) is 89.8 cm³/mol. The molecule has 0 atom stereocenters. The largest absolute Gasteiger partial charge is 0.489 e. The molecule has 0 radical (unpaired) electrons. The van der Waals surface area contributed by atoms with Gasteiger partial charge in [-0.3, -0.25) is 4.90 Å². The van der Waals surface area contributed by atoms with E-state index in [1.807, 2.05) is 24.3 Å². The highest BCUT2D eigenvalue weighted by molar-refractivity contribution is 7.99. The summed E-state index contributed by atoms with van der Waals surface area (Å²) >= 11 is 2.05. The van der Waals surface area contributed by atoms with E-state index in [0.717, 1.165) is 12.3 Å². The van der Waals surface area contributed by atoms with Gasteiger partial charge in [-0.2, -0.15) is 11.8 Å². The lowest BCUT2D eigenvalue weighted by molar-refractivity contribution is 0.290. The van der Waals surface area contributed by atoms with Crippen LogP contribution in [0.15, 0.2) is 54.6 Å². The summed E-state index contributed by atoms with van der Waals surface area (Å²) in [5.74, 6) is 3.47. The van der Waals surface area contributed by atoms with Gasteiger partial charge in [0.05, 0.1) is 0 Å². The Morgan fingerprint density at radius 1 is 0.905 bits per heavy atom. The van der Waals surface area contributed by atoms with Gasteiger partial charge in [-0.1, -0.05) is 42.5 Å². The molecule has 0 amide bonds. The van der Waals surface area contributed by atoms with Gasteiger partial charge < -0.3 is 4.74 Å². The van der Waals surface area contributed by atoms with Crippen molar-refractivity contribution in [3.8, 4) is 5.75 Å². The molecule has 0 saturated carbocycles. The van der Waals surface area contributed by atoms with Crippen LogP contribution in [0.4, 0.5) is 0 Å². The van der Waals surface area contributed by atoms with E-state index in [2.05, 4.69) is 47.0 Å². The lowest BCUT2D eigenvalue weighted by atomic mass is 10.2. The van der Waals surface area contributed by atoms with Crippen LogP contribution in [0.2, 0.25) is 0 Å². The highest BCUT2D eigenvalue weighted by Crippen LogP contribution is 2.18. The molecule has 21 heavy (non-hydrogen) atoms. The van der Waals surface area contributed by atoms with Gasteiger partial charge in [0.15, 0.2) is 0 Å². The van der Waals surface area contributed by atoms with E-state index in [0.29, 0.717) is 6.61 Å². The Hall–Kier alpha value is -1.45. The van der Waals surface area contributed by atoms with Crippen molar-refractivity contribution in [3.63, 3.8) is 0 Å². The molecule has 2 aromatic rings. The molecule has 0 unspecified atom stereocenters. The minimum atomic E-state index is 0.630. The molecule has 1 aliphatic rings. The summed E-state index contributed by atoms with van der Waals surface area (Å²) in [7, 11) is 0. The Morgan fingerprint density at radius 2 is 1.67 bits per heavy atom. The van der Waals surface area contributed by atoms with Crippen molar-refractivity contribution >= 4 is 11.8 Å². The van der Waals surface area contributed by atoms with Gasteiger partial charge in [-0.15, -0.1) is 0 Å². The Morgan fingerprint density at radius 3 is 2.48 bits per heavy atom. The summed E-state index contributed by atoms with van der Waals surface area (Å²) in [6.07, 6.45) is 0. The maximum absolute atomic E-state index is 5.90. The molecule has 1 aliphatic heterocycles. The summed E-state index contributed by atoms with van der Waals surface area (Å²) in [4.78, 5) is 2.52. The molecule has 0 bridgehead atoms. The fourth-order valence-corrected chi connectivity index (χ4v) is 3.47. The number of benzene rings is 2. The van der Waals surface area contributed by atoms with Gasteiger partial charge in [0.25, 0.3) is 0 Å². The number of ether oxygens (including phenoxy) is 1. The van der Waals surface area contributed by atoms with Crippen LogP contribution in [0.3, 0.4) is 0 Å². The summed E-state index contributed by atoms with van der Waals surface area (Å²) in [5.41, 5.74) is 2.54. The first kappa shape index (κ1) is 14.5. The van der Waals surface area contributed by atoms with Crippen molar-refractivity contribution in [2.75, 3.05) is 24.6 Å². The van der Waals surface area contributed by atoms with Gasteiger partial charge in [0, 0.05) is 31.1 Å². The summed E-state index contributed by atoms with van der Waals surface area (Å²) in [6, 6.07) is 18.8. The van der Waals surface area contributed by atoms with Crippen LogP contribution in [-0.4, -0.2) is 29.5 Å². The lowest BCUT2D eigenvalue weighted by Crippen LogP contribution is -2.31. The van der Waals surface area contributed by atoms with E-state index in [4.69, 9.17) is 4.74 Å². The van der Waals surface area contributed by atoms with Crippen LogP contribution in [0.5, 0.6) is 5.75 Å². The van der Waals surface area contributed by atoms with E-state index in [1.54, 1.807) is 0 Å². The minimum Gasteiger partial charge on any atom is -0.489 e. The third-order valence-corrected chi connectivity index (χ3v) is 4.60. The highest BCUT2D eigenvalue weighted by Gasteiger charge is 2.10. The molecule has 0 aromatic heterocycles. The van der Waals surface area contributed by atoms with Crippen LogP contribution < -0.4 is 4.74 Å². The Kier molecular flexibility index (Phi) is 5.19. The third-order valence-electron chi connectivity index (χ3n) is 3.66. The summed E-state index contributed by atoms with van der Waals surface area (Å²) in [5, 5.41) is 0.